The van der Waals surface area contributed by atoms with Crippen LogP contribution in [0.5, 0.6) is 11.8 Å². The maximum Gasteiger partial charge on any atom is 0.258 e. The van der Waals surface area contributed by atoms with E-state index in [2.05, 4.69) is 30.2 Å². The van der Waals surface area contributed by atoms with Gasteiger partial charge in [-0.05, 0) is 48.4 Å². The van der Waals surface area contributed by atoms with E-state index in [4.69, 9.17) is 16.3 Å². The van der Waals surface area contributed by atoms with E-state index in [1.807, 2.05) is 6.92 Å². The molecule has 4 aliphatic rings. The first-order valence-electron chi connectivity index (χ1n) is 12.2. The van der Waals surface area contributed by atoms with Gasteiger partial charge in [0.1, 0.15) is 0 Å². The van der Waals surface area contributed by atoms with Crippen LogP contribution in [-0.4, -0.2) is 49.9 Å². The molecule has 1 amide bonds. The Morgan fingerprint density at radius 2 is 2.00 bits per heavy atom. The topological polar surface area (TPSA) is 96.0 Å². The number of hydrogen-bond acceptors (Lipinski definition) is 6. The van der Waals surface area contributed by atoms with Gasteiger partial charge in [-0.25, -0.2) is 14.4 Å². The first-order valence-corrected chi connectivity index (χ1v) is 12.5. The van der Waals surface area contributed by atoms with E-state index in [1.54, 1.807) is 6.20 Å². The van der Waals surface area contributed by atoms with Crippen LogP contribution in [0.4, 0.5) is 4.39 Å². The molecule has 2 N–H and O–H groups in total. The van der Waals surface area contributed by atoms with Gasteiger partial charge >= 0.3 is 0 Å². The van der Waals surface area contributed by atoms with E-state index < -0.39 is 5.82 Å². The second-order valence-corrected chi connectivity index (χ2v) is 10.3. The molecular formula is C25H24ClFN6O2. The second kappa shape index (κ2) is 7.73. The van der Waals surface area contributed by atoms with Crippen LogP contribution in [0, 0.1) is 5.82 Å². The molecule has 10 heteroatoms. The monoisotopic (exact) mass is 494 g/mol. The van der Waals surface area contributed by atoms with Crippen LogP contribution in [0.25, 0.3) is 11.3 Å². The smallest absolute Gasteiger partial charge is 0.258 e. The van der Waals surface area contributed by atoms with Crippen molar-refractivity contribution in [2.45, 2.75) is 57.5 Å². The van der Waals surface area contributed by atoms with Gasteiger partial charge in [0.15, 0.2) is 5.82 Å². The number of pyridine rings is 1. The number of nitrogens with zero attached hydrogens (tertiary/aromatic N) is 4. The minimum atomic E-state index is -0.562. The van der Waals surface area contributed by atoms with Gasteiger partial charge in [-0.3, -0.25) is 9.69 Å². The number of amides is 1. The summed E-state index contributed by atoms with van der Waals surface area (Å²) >= 11 is 6.19. The number of aryl methyl sites for hydroxylation is 1. The van der Waals surface area contributed by atoms with Crippen molar-refractivity contribution in [3.8, 4) is 23.0 Å². The number of aromatic nitrogens is 4. The predicted octanol–water partition coefficient (Wildman–Crippen LogP) is 3.92. The van der Waals surface area contributed by atoms with Crippen LogP contribution in [0.1, 0.15) is 64.1 Å². The zero-order valence-electron chi connectivity index (χ0n) is 19.3. The maximum absolute atomic E-state index is 16.0. The number of carbonyl (C=O) groups is 1. The first kappa shape index (κ1) is 21.3. The summed E-state index contributed by atoms with van der Waals surface area (Å²) in [6, 6.07) is 0.585. The molecule has 1 fully saturated rings. The molecule has 0 aromatic carbocycles. The molecular weight excluding hydrogens is 471 g/mol. The van der Waals surface area contributed by atoms with E-state index in [0.29, 0.717) is 48.8 Å². The first-order chi connectivity index (χ1) is 17.0. The number of hydrogen-bond donors (Lipinski definition) is 2. The molecule has 8 nitrogen and oxygen atoms in total. The fourth-order valence-electron chi connectivity index (χ4n) is 5.69. The predicted molar refractivity (Wildman–Crippen MR) is 126 cm³/mol. The number of aromatic amines is 1. The largest absolute Gasteiger partial charge is 0.417 e. The summed E-state index contributed by atoms with van der Waals surface area (Å²) in [6.07, 6.45) is 6.05. The van der Waals surface area contributed by atoms with Crippen molar-refractivity contribution in [1.29, 1.82) is 0 Å². The molecule has 0 unspecified atom stereocenters. The van der Waals surface area contributed by atoms with Crippen molar-refractivity contribution in [3.63, 3.8) is 0 Å². The molecule has 0 spiro atoms. The van der Waals surface area contributed by atoms with Gasteiger partial charge < -0.3 is 15.0 Å². The Balaban J connectivity index is 1.30. The quantitative estimate of drug-likeness (QED) is 0.536. The molecule has 0 radical (unpaired) electrons. The van der Waals surface area contributed by atoms with Crippen molar-refractivity contribution in [2.75, 3.05) is 13.1 Å². The van der Waals surface area contributed by atoms with Gasteiger partial charge in [0.05, 0.1) is 22.5 Å². The molecule has 1 saturated carbocycles. The number of fused-ring (bicyclic) bond motifs is 6. The van der Waals surface area contributed by atoms with Crippen LogP contribution < -0.4 is 10.1 Å². The van der Waals surface area contributed by atoms with E-state index in [9.17, 15) is 4.79 Å². The Morgan fingerprint density at radius 3 is 2.83 bits per heavy atom. The van der Waals surface area contributed by atoms with Crippen LogP contribution in [0.2, 0.25) is 5.28 Å². The van der Waals surface area contributed by atoms with Gasteiger partial charge in [0, 0.05) is 55.5 Å². The normalized spacial score (nSPS) is 21.0. The van der Waals surface area contributed by atoms with E-state index in [1.165, 1.54) is 12.8 Å². The highest BCUT2D eigenvalue weighted by Crippen LogP contribution is 2.43. The molecule has 0 bridgehead atoms. The third kappa shape index (κ3) is 3.36. The number of halogens is 2. The highest BCUT2D eigenvalue weighted by molar-refractivity contribution is 6.28. The standard InChI is InChI=1S/C25H24ClFN6O2/c1-11-8-28-22(34)18-14-5-2-12-9-29-24(19(27)17(12)21(14)31-20(11)18)35-23-15-10-33(13-3-4-13)7-6-16(15)30-25(26)32-23/h9,11,13,31H,2-8,10H2,1H3,(H,28,34)/t11-/m1/s1. The Labute approximate surface area is 206 Å². The van der Waals surface area contributed by atoms with E-state index in [0.717, 1.165) is 41.0 Å². The van der Waals surface area contributed by atoms with Crippen molar-refractivity contribution in [1.82, 2.24) is 30.2 Å². The van der Waals surface area contributed by atoms with Gasteiger partial charge in [-0.2, -0.15) is 4.98 Å². The highest BCUT2D eigenvalue weighted by atomic mass is 35.5. The van der Waals surface area contributed by atoms with Crippen molar-refractivity contribution in [3.05, 3.63) is 50.9 Å². The summed E-state index contributed by atoms with van der Waals surface area (Å²) in [5.41, 5.74) is 5.91. The van der Waals surface area contributed by atoms with Gasteiger partial charge in [0.2, 0.25) is 11.2 Å². The molecule has 1 atom stereocenters. The summed E-state index contributed by atoms with van der Waals surface area (Å²) in [4.78, 5) is 31.4. The molecule has 2 aliphatic carbocycles. The number of H-pyrrole nitrogens is 1. The zero-order chi connectivity index (χ0) is 23.8. The van der Waals surface area contributed by atoms with Crippen molar-refractivity contribution < 1.29 is 13.9 Å². The van der Waals surface area contributed by atoms with Gasteiger partial charge in [-0.1, -0.05) is 6.92 Å². The Bertz CT molecular complexity index is 1400. The number of nitrogens with one attached hydrogen (secondary N) is 2. The SMILES string of the molecule is C[C@@H]1CNC(=O)c2c1[nH]c1c2CCc2cnc(Oc3nc(Cl)nc4c3CN(C3CC3)CC4)c(F)c2-1. The minimum Gasteiger partial charge on any atom is -0.417 e. The second-order valence-electron chi connectivity index (χ2n) is 9.93. The lowest BCUT2D eigenvalue weighted by Crippen LogP contribution is -2.34. The highest BCUT2D eigenvalue weighted by Gasteiger charge is 2.36. The Morgan fingerprint density at radius 1 is 1.14 bits per heavy atom. The lowest BCUT2D eigenvalue weighted by Gasteiger charge is -2.28. The average molecular weight is 495 g/mol. The van der Waals surface area contributed by atoms with Gasteiger partial charge in [0.25, 0.3) is 11.8 Å². The van der Waals surface area contributed by atoms with Crippen molar-refractivity contribution >= 4 is 17.5 Å². The third-order valence-electron chi connectivity index (χ3n) is 7.66. The van der Waals surface area contributed by atoms with Crippen LogP contribution in [-0.2, 0) is 25.8 Å². The van der Waals surface area contributed by atoms with Crippen molar-refractivity contribution in [2.24, 2.45) is 0 Å². The fraction of sp³-hybridized carbons (Fsp3) is 0.440. The molecule has 3 aromatic rings. The minimum absolute atomic E-state index is 0.0799. The molecule has 0 saturated heterocycles. The maximum atomic E-state index is 16.0. The number of ether oxygens (including phenoxy) is 1. The van der Waals surface area contributed by atoms with Crippen LogP contribution in [0.3, 0.4) is 0 Å². The van der Waals surface area contributed by atoms with Crippen LogP contribution in [0.15, 0.2) is 6.20 Å². The Kier molecular flexibility index (Phi) is 4.70. The molecule has 7 rings (SSSR count). The van der Waals surface area contributed by atoms with E-state index in [-0.39, 0.29) is 28.9 Å². The molecule has 180 valence electrons. The number of carbonyl (C=O) groups excluding carboxylic acids is 1. The van der Waals surface area contributed by atoms with E-state index >= 15 is 4.39 Å². The Hall–Kier alpha value is -3.04. The number of rotatable bonds is 3. The summed E-state index contributed by atoms with van der Waals surface area (Å²) in [5.74, 6) is -0.434. The summed E-state index contributed by atoms with van der Waals surface area (Å²) in [6.45, 7) is 4.18. The third-order valence-corrected chi connectivity index (χ3v) is 7.83. The summed E-state index contributed by atoms with van der Waals surface area (Å²) in [7, 11) is 0. The summed E-state index contributed by atoms with van der Waals surface area (Å²) < 4.78 is 22.1. The fourth-order valence-corrected chi connectivity index (χ4v) is 5.87. The molecule has 3 aromatic heterocycles. The van der Waals surface area contributed by atoms with Gasteiger partial charge in [-0.15, -0.1) is 0 Å². The average Bonchev–Trinajstić information content (AvgIpc) is 3.62. The summed E-state index contributed by atoms with van der Waals surface area (Å²) in [5, 5.41) is 3.02. The zero-order valence-corrected chi connectivity index (χ0v) is 20.0. The van der Waals surface area contributed by atoms with Crippen LogP contribution >= 0.6 is 11.6 Å². The molecule has 5 heterocycles. The molecule has 2 aliphatic heterocycles. The lowest BCUT2D eigenvalue weighted by atomic mass is 9.87. The lowest BCUT2D eigenvalue weighted by molar-refractivity contribution is 0.0940. The molecule has 35 heavy (non-hydrogen) atoms.